The summed E-state index contributed by atoms with van der Waals surface area (Å²) in [6, 6.07) is 7.31. The average molecular weight is 326 g/mol. The molecule has 18 heavy (non-hydrogen) atoms. The van der Waals surface area contributed by atoms with Crippen molar-refractivity contribution in [1.82, 2.24) is 0 Å². The molecule has 0 amide bonds. The number of carbonyl (C=O) groups is 1. The monoisotopic (exact) mass is 325 g/mol. The van der Waals surface area contributed by atoms with E-state index in [1.54, 1.807) is 23.5 Å². The summed E-state index contributed by atoms with van der Waals surface area (Å²) in [5.74, 6) is -0.934. The van der Waals surface area contributed by atoms with Gasteiger partial charge in [0, 0.05) is 16.2 Å². The topological polar surface area (TPSA) is 49.3 Å². The van der Waals surface area contributed by atoms with Crippen molar-refractivity contribution >= 4 is 38.9 Å². The third kappa shape index (κ3) is 2.91. The van der Waals surface area contributed by atoms with Crippen molar-refractivity contribution < 1.29 is 9.90 Å². The fraction of sp³-hybridized carbons (Fsp3) is 0.154. The number of aromatic carboxylic acids is 1. The molecule has 1 aromatic heterocycles. The van der Waals surface area contributed by atoms with Crippen LogP contribution in [-0.2, 0) is 0 Å². The summed E-state index contributed by atoms with van der Waals surface area (Å²) in [4.78, 5) is 11.2. The van der Waals surface area contributed by atoms with E-state index in [-0.39, 0.29) is 11.6 Å². The first-order chi connectivity index (χ1) is 8.58. The van der Waals surface area contributed by atoms with Crippen molar-refractivity contribution in [3.05, 3.63) is 50.6 Å². The van der Waals surface area contributed by atoms with Gasteiger partial charge in [-0.15, -0.1) is 0 Å². The summed E-state index contributed by atoms with van der Waals surface area (Å²) in [6.07, 6.45) is 0. The van der Waals surface area contributed by atoms with Crippen LogP contribution in [-0.4, -0.2) is 11.1 Å². The number of benzene rings is 1. The zero-order valence-corrected chi connectivity index (χ0v) is 12.1. The molecule has 0 aliphatic heterocycles. The molecule has 1 unspecified atom stereocenters. The molecule has 0 saturated heterocycles. The largest absolute Gasteiger partial charge is 0.478 e. The zero-order valence-electron chi connectivity index (χ0n) is 9.68. The third-order valence-electron chi connectivity index (χ3n) is 2.63. The van der Waals surface area contributed by atoms with E-state index < -0.39 is 5.97 Å². The molecule has 1 atom stereocenters. The average Bonchev–Trinajstić information content (AvgIpc) is 2.84. The highest BCUT2D eigenvalue weighted by Crippen LogP contribution is 2.26. The molecular weight excluding hydrogens is 314 g/mol. The standard InChI is InChI=1S/C13H12BrNO2S/c1-8(9-4-5-18-7-9)15-12-3-2-10(14)6-11(12)13(16)17/h2-8,15H,1H3,(H,16,17). The van der Waals surface area contributed by atoms with Crippen LogP contribution >= 0.6 is 27.3 Å². The van der Waals surface area contributed by atoms with Gasteiger partial charge in [0.1, 0.15) is 0 Å². The summed E-state index contributed by atoms with van der Waals surface area (Å²) in [5, 5.41) is 16.5. The van der Waals surface area contributed by atoms with E-state index in [1.165, 1.54) is 0 Å². The second kappa shape index (κ2) is 5.54. The number of hydrogen-bond donors (Lipinski definition) is 2. The van der Waals surface area contributed by atoms with Gasteiger partial charge in [-0.1, -0.05) is 15.9 Å². The van der Waals surface area contributed by atoms with E-state index in [2.05, 4.69) is 26.6 Å². The molecule has 1 heterocycles. The van der Waals surface area contributed by atoms with Gasteiger partial charge in [-0.2, -0.15) is 11.3 Å². The molecular formula is C13H12BrNO2S. The molecule has 94 valence electrons. The lowest BCUT2D eigenvalue weighted by atomic mass is 10.1. The van der Waals surface area contributed by atoms with Crippen LogP contribution < -0.4 is 5.32 Å². The van der Waals surface area contributed by atoms with Crippen molar-refractivity contribution in [3.63, 3.8) is 0 Å². The van der Waals surface area contributed by atoms with Gasteiger partial charge >= 0.3 is 5.97 Å². The van der Waals surface area contributed by atoms with E-state index in [1.807, 2.05) is 24.4 Å². The van der Waals surface area contributed by atoms with Crippen molar-refractivity contribution in [1.29, 1.82) is 0 Å². The minimum atomic E-state index is -0.934. The highest BCUT2D eigenvalue weighted by molar-refractivity contribution is 9.10. The van der Waals surface area contributed by atoms with Crippen molar-refractivity contribution in [2.75, 3.05) is 5.32 Å². The summed E-state index contributed by atoms with van der Waals surface area (Å²) in [5.41, 5.74) is 2.05. The van der Waals surface area contributed by atoms with E-state index in [9.17, 15) is 9.90 Å². The molecule has 0 saturated carbocycles. The van der Waals surface area contributed by atoms with Gasteiger partial charge in [-0.25, -0.2) is 4.79 Å². The second-order valence-electron chi connectivity index (χ2n) is 3.92. The Morgan fingerprint density at radius 2 is 2.22 bits per heavy atom. The van der Waals surface area contributed by atoms with Crippen LogP contribution in [0.4, 0.5) is 5.69 Å². The Labute approximate surface area is 118 Å². The first-order valence-corrected chi connectivity index (χ1v) is 7.13. The molecule has 0 bridgehead atoms. The Morgan fingerprint density at radius 1 is 1.44 bits per heavy atom. The van der Waals surface area contributed by atoms with Gasteiger partial charge < -0.3 is 10.4 Å². The molecule has 2 N–H and O–H groups in total. The van der Waals surface area contributed by atoms with Gasteiger partial charge in [-0.05, 0) is 47.5 Å². The number of carboxylic acids is 1. The number of thiophene rings is 1. The Kier molecular flexibility index (Phi) is 4.04. The Balaban J connectivity index is 2.26. The Bertz CT molecular complexity index is 554. The lowest BCUT2D eigenvalue weighted by molar-refractivity contribution is 0.0698. The molecule has 0 spiro atoms. The van der Waals surface area contributed by atoms with Crippen molar-refractivity contribution in [3.8, 4) is 0 Å². The first-order valence-electron chi connectivity index (χ1n) is 5.39. The summed E-state index contributed by atoms with van der Waals surface area (Å²) in [6.45, 7) is 2.01. The number of halogens is 1. The lowest BCUT2D eigenvalue weighted by Gasteiger charge is -2.16. The number of carboxylic acid groups (broad SMARTS) is 1. The number of nitrogens with one attached hydrogen (secondary N) is 1. The number of rotatable bonds is 4. The van der Waals surface area contributed by atoms with Crippen LogP contribution in [0.1, 0.15) is 28.9 Å². The Hall–Kier alpha value is -1.33. The third-order valence-corrected chi connectivity index (χ3v) is 3.82. The minimum Gasteiger partial charge on any atom is -0.478 e. The predicted octanol–water partition coefficient (Wildman–Crippen LogP) is 4.38. The van der Waals surface area contributed by atoms with Crippen LogP contribution in [0, 0.1) is 0 Å². The van der Waals surface area contributed by atoms with Crippen LogP contribution in [0.15, 0.2) is 39.5 Å². The molecule has 2 aromatic rings. The molecule has 5 heteroatoms. The van der Waals surface area contributed by atoms with Crippen LogP contribution in [0.25, 0.3) is 0 Å². The molecule has 1 aromatic carbocycles. The van der Waals surface area contributed by atoms with Crippen LogP contribution in [0.2, 0.25) is 0 Å². The van der Waals surface area contributed by atoms with Gasteiger partial charge in [0.2, 0.25) is 0 Å². The quantitative estimate of drug-likeness (QED) is 0.876. The maximum Gasteiger partial charge on any atom is 0.337 e. The molecule has 2 rings (SSSR count). The maximum absolute atomic E-state index is 11.2. The summed E-state index contributed by atoms with van der Waals surface area (Å²) >= 11 is 4.91. The number of hydrogen-bond acceptors (Lipinski definition) is 3. The highest BCUT2D eigenvalue weighted by atomic mass is 79.9. The lowest BCUT2D eigenvalue weighted by Crippen LogP contribution is -2.10. The van der Waals surface area contributed by atoms with Gasteiger partial charge in [-0.3, -0.25) is 0 Å². The molecule has 0 aliphatic carbocycles. The molecule has 0 fully saturated rings. The van der Waals surface area contributed by atoms with Gasteiger partial charge in [0.25, 0.3) is 0 Å². The first kappa shape index (κ1) is 13.1. The van der Waals surface area contributed by atoms with Crippen LogP contribution in [0.5, 0.6) is 0 Å². The summed E-state index contributed by atoms with van der Waals surface area (Å²) < 4.78 is 0.758. The van der Waals surface area contributed by atoms with Crippen molar-refractivity contribution in [2.24, 2.45) is 0 Å². The van der Waals surface area contributed by atoms with Crippen molar-refractivity contribution in [2.45, 2.75) is 13.0 Å². The summed E-state index contributed by atoms with van der Waals surface area (Å²) in [7, 11) is 0. The van der Waals surface area contributed by atoms with Gasteiger partial charge in [0.15, 0.2) is 0 Å². The van der Waals surface area contributed by atoms with Gasteiger partial charge in [0.05, 0.1) is 5.56 Å². The van der Waals surface area contributed by atoms with E-state index >= 15 is 0 Å². The van der Waals surface area contributed by atoms with E-state index in [0.717, 1.165) is 10.0 Å². The smallest absolute Gasteiger partial charge is 0.337 e. The predicted molar refractivity (Wildman–Crippen MR) is 77.5 cm³/mol. The second-order valence-corrected chi connectivity index (χ2v) is 5.61. The van der Waals surface area contributed by atoms with E-state index in [0.29, 0.717) is 5.69 Å². The minimum absolute atomic E-state index is 0.0792. The molecule has 0 aliphatic rings. The zero-order chi connectivity index (χ0) is 13.1. The molecule has 0 radical (unpaired) electrons. The highest BCUT2D eigenvalue weighted by Gasteiger charge is 2.13. The molecule has 3 nitrogen and oxygen atoms in total. The fourth-order valence-corrected chi connectivity index (χ4v) is 2.77. The maximum atomic E-state index is 11.2. The fourth-order valence-electron chi connectivity index (χ4n) is 1.66. The number of anilines is 1. The normalized spacial score (nSPS) is 12.1. The van der Waals surface area contributed by atoms with Crippen LogP contribution in [0.3, 0.4) is 0 Å². The Morgan fingerprint density at radius 3 is 2.83 bits per heavy atom. The van der Waals surface area contributed by atoms with E-state index in [4.69, 9.17) is 0 Å². The SMILES string of the molecule is CC(Nc1ccc(Br)cc1C(=O)O)c1ccsc1.